The average molecular weight is 342 g/mol. The van der Waals surface area contributed by atoms with Crippen molar-refractivity contribution in [2.75, 3.05) is 0 Å². The number of nitrogens with zero attached hydrogens (tertiary/aromatic N) is 2. The van der Waals surface area contributed by atoms with E-state index < -0.39 is 9.84 Å². The number of aromatic nitrogens is 2. The maximum absolute atomic E-state index is 12.4. The standard InChI is InChI=1S/C18H18N2O3S/c1-13-8-14(2)10-15(9-13)11-24(21,22)12-17-19-18(20-23-17)16-6-4-3-5-7-16/h3-10H,11-12H2,1-2H3. The Morgan fingerprint density at radius 1 is 0.958 bits per heavy atom. The minimum absolute atomic E-state index is 0.0431. The number of hydrogen-bond donors (Lipinski definition) is 0. The van der Waals surface area contributed by atoms with Gasteiger partial charge in [0.25, 0.3) is 0 Å². The van der Waals surface area contributed by atoms with E-state index in [1.165, 1.54) is 0 Å². The smallest absolute Gasteiger partial charge is 0.242 e. The van der Waals surface area contributed by atoms with Crippen molar-refractivity contribution >= 4 is 9.84 Å². The summed E-state index contributed by atoms with van der Waals surface area (Å²) in [6, 6.07) is 15.1. The van der Waals surface area contributed by atoms with Gasteiger partial charge in [0.15, 0.2) is 9.84 Å². The first-order valence-electron chi connectivity index (χ1n) is 7.57. The lowest BCUT2D eigenvalue weighted by Gasteiger charge is -2.05. The van der Waals surface area contributed by atoms with Crippen LogP contribution in [-0.2, 0) is 21.3 Å². The molecule has 0 radical (unpaired) electrons. The number of hydrogen-bond acceptors (Lipinski definition) is 5. The maximum atomic E-state index is 12.4. The van der Waals surface area contributed by atoms with Crippen LogP contribution in [0, 0.1) is 13.8 Å². The summed E-state index contributed by atoms with van der Waals surface area (Å²) in [7, 11) is -3.39. The topological polar surface area (TPSA) is 73.1 Å². The predicted molar refractivity (Wildman–Crippen MR) is 92.0 cm³/mol. The molecule has 0 aliphatic heterocycles. The zero-order valence-corrected chi connectivity index (χ0v) is 14.4. The first-order valence-corrected chi connectivity index (χ1v) is 9.39. The van der Waals surface area contributed by atoms with Crippen molar-refractivity contribution in [3.8, 4) is 11.4 Å². The molecule has 0 atom stereocenters. The van der Waals surface area contributed by atoms with E-state index in [-0.39, 0.29) is 17.4 Å². The van der Waals surface area contributed by atoms with Gasteiger partial charge in [-0.1, -0.05) is 64.8 Å². The molecule has 0 N–H and O–H groups in total. The van der Waals surface area contributed by atoms with Gasteiger partial charge < -0.3 is 4.52 Å². The molecule has 0 spiro atoms. The van der Waals surface area contributed by atoms with Gasteiger partial charge in [0.05, 0.1) is 5.75 Å². The highest BCUT2D eigenvalue weighted by molar-refractivity contribution is 7.89. The SMILES string of the molecule is Cc1cc(C)cc(CS(=O)(=O)Cc2nc(-c3ccccc3)no2)c1. The first kappa shape index (κ1) is 16.4. The fraction of sp³-hybridized carbons (Fsp3) is 0.222. The largest absolute Gasteiger partial charge is 0.338 e. The van der Waals surface area contributed by atoms with Gasteiger partial charge in [0.2, 0.25) is 11.7 Å². The Hall–Kier alpha value is -2.47. The van der Waals surface area contributed by atoms with Crippen LogP contribution in [0.15, 0.2) is 53.1 Å². The summed E-state index contributed by atoms with van der Waals surface area (Å²) in [4.78, 5) is 4.19. The summed E-state index contributed by atoms with van der Waals surface area (Å²) >= 11 is 0. The highest BCUT2D eigenvalue weighted by atomic mass is 32.2. The van der Waals surface area contributed by atoms with Gasteiger partial charge in [-0.3, -0.25) is 0 Å². The predicted octanol–water partition coefficient (Wildman–Crippen LogP) is 3.47. The van der Waals surface area contributed by atoms with E-state index in [1.54, 1.807) is 0 Å². The van der Waals surface area contributed by atoms with E-state index in [9.17, 15) is 8.42 Å². The maximum Gasteiger partial charge on any atom is 0.242 e. The van der Waals surface area contributed by atoms with Crippen molar-refractivity contribution in [1.82, 2.24) is 10.1 Å². The normalized spacial score (nSPS) is 11.6. The third kappa shape index (κ3) is 4.08. The number of aryl methyl sites for hydroxylation is 2. The van der Waals surface area contributed by atoms with Gasteiger partial charge in [0.1, 0.15) is 5.75 Å². The van der Waals surface area contributed by atoms with E-state index in [2.05, 4.69) is 10.1 Å². The lowest BCUT2D eigenvalue weighted by Crippen LogP contribution is -2.08. The van der Waals surface area contributed by atoms with Crippen LogP contribution in [0.1, 0.15) is 22.6 Å². The van der Waals surface area contributed by atoms with Gasteiger partial charge in [-0.15, -0.1) is 0 Å². The Morgan fingerprint density at radius 2 is 1.62 bits per heavy atom. The van der Waals surface area contributed by atoms with Crippen LogP contribution in [0.3, 0.4) is 0 Å². The van der Waals surface area contributed by atoms with Gasteiger partial charge in [-0.05, 0) is 19.4 Å². The molecule has 0 saturated heterocycles. The van der Waals surface area contributed by atoms with E-state index in [0.717, 1.165) is 22.3 Å². The summed E-state index contributed by atoms with van der Waals surface area (Å²) in [5.41, 5.74) is 3.66. The van der Waals surface area contributed by atoms with Crippen molar-refractivity contribution in [2.45, 2.75) is 25.4 Å². The van der Waals surface area contributed by atoms with E-state index in [0.29, 0.717) is 5.82 Å². The third-order valence-corrected chi connectivity index (χ3v) is 4.97. The molecule has 0 unspecified atom stereocenters. The number of rotatable bonds is 5. The fourth-order valence-electron chi connectivity index (χ4n) is 2.66. The van der Waals surface area contributed by atoms with Gasteiger partial charge in [-0.2, -0.15) is 4.98 Å². The lowest BCUT2D eigenvalue weighted by atomic mass is 10.1. The molecule has 3 aromatic rings. The summed E-state index contributed by atoms with van der Waals surface area (Å²) < 4.78 is 29.9. The van der Waals surface area contributed by atoms with Crippen LogP contribution in [-0.4, -0.2) is 18.6 Å². The van der Waals surface area contributed by atoms with E-state index in [1.807, 2.05) is 62.4 Å². The molecule has 124 valence electrons. The Morgan fingerprint density at radius 3 is 2.29 bits per heavy atom. The zero-order valence-electron chi connectivity index (χ0n) is 13.6. The molecular formula is C18H18N2O3S. The highest BCUT2D eigenvalue weighted by Gasteiger charge is 2.19. The Labute approximate surface area is 141 Å². The monoisotopic (exact) mass is 342 g/mol. The fourth-order valence-corrected chi connectivity index (χ4v) is 3.93. The molecule has 24 heavy (non-hydrogen) atoms. The Balaban J connectivity index is 1.76. The average Bonchev–Trinajstić information content (AvgIpc) is 2.94. The molecule has 6 heteroatoms. The molecule has 1 heterocycles. The second-order valence-electron chi connectivity index (χ2n) is 5.91. The van der Waals surface area contributed by atoms with Crippen LogP contribution < -0.4 is 0 Å². The van der Waals surface area contributed by atoms with E-state index in [4.69, 9.17) is 4.52 Å². The molecule has 3 rings (SSSR count). The first-order chi connectivity index (χ1) is 11.4. The zero-order chi connectivity index (χ0) is 17.2. The van der Waals surface area contributed by atoms with Gasteiger partial charge >= 0.3 is 0 Å². The van der Waals surface area contributed by atoms with Crippen molar-refractivity contribution in [2.24, 2.45) is 0 Å². The Bertz CT molecular complexity index is 927. The molecule has 5 nitrogen and oxygen atoms in total. The highest BCUT2D eigenvalue weighted by Crippen LogP contribution is 2.18. The Kier molecular flexibility index (Phi) is 4.49. The van der Waals surface area contributed by atoms with Crippen LogP contribution in [0.5, 0.6) is 0 Å². The second kappa shape index (κ2) is 6.57. The van der Waals surface area contributed by atoms with Crippen LogP contribution in [0.25, 0.3) is 11.4 Å². The minimum Gasteiger partial charge on any atom is -0.338 e. The molecule has 0 amide bonds. The molecule has 0 saturated carbocycles. The molecular weight excluding hydrogens is 324 g/mol. The van der Waals surface area contributed by atoms with E-state index >= 15 is 0 Å². The summed E-state index contributed by atoms with van der Waals surface area (Å²) in [6.45, 7) is 3.90. The molecule has 0 fully saturated rings. The van der Waals surface area contributed by atoms with Crippen LogP contribution in [0.4, 0.5) is 0 Å². The molecule has 0 bridgehead atoms. The van der Waals surface area contributed by atoms with Gasteiger partial charge in [0, 0.05) is 5.56 Å². The van der Waals surface area contributed by atoms with Crippen molar-refractivity contribution in [3.05, 3.63) is 71.1 Å². The summed E-state index contributed by atoms with van der Waals surface area (Å²) in [6.07, 6.45) is 0. The third-order valence-electron chi connectivity index (χ3n) is 3.51. The molecule has 2 aromatic carbocycles. The number of sulfone groups is 1. The van der Waals surface area contributed by atoms with Crippen molar-refractivity contribution in [1.29, 1.82) is 0 Å². The van der Waals surface area contributed by atoms with Crippen LogP contribution in [0.2, 0.25) is 0 Å². The molecule has 0 aliphatic carbocycles. The van der Waals surface area contributed by atoms with Crippen LogP contribution >= 0.6 is 0 Å². The van der Waals surface area contributed by atoms with Crippen molar-refractivity contribution in [3.63, 3.8) is 0 Å². The van der Waals surface area contributed by atoms with Gasteiger partial charge in [-0.25, -0.2) is 8.42 Å². The molecule has 1 aromatic heterocycles. The quantitative estimate of drug-likeness (QED) is 0.710. The lowest BCUT2D eigenvalue weighted by molar-refractivity contribution is 0.389. The number of benzene rings is 2. The van der Waals surface area contributed by atoms with Crippen molar-refractivity contribution < 1.29 is 12.9 Å². The second-order valence-corrected chi connectivity index (χ2v) is 7.97. The minimum atomic E-state index is -3.39. The molecule has 0 aliphatic rings. The summed E-state index contributed by atoms with van der Waals surface area (Å²) in [5.74, 6) is 0.198. The summed E-state index contributed by atoms with van der Waals surface area (Å²) in [5, 5.41) is 3.86.